The van der Waals surface area contributed by atoms with Crippen LogP contribution in [0.25, 0.3) is 5.65 Å². The summed E-state index contributed by atoms with van der Waals surface area (Å²) >= 11 is 0. The molecule has 92 valence electrons. The number of pyridine rings is 1. The Morgan fingerprint density at radius 2 is 1.88 bits per heavy atom. The molecule has 17 heavy (non-hydrogen) atoms. The molecule has 0 saturated heterocycles. The maximum atomic E-state index is 5.43. The van der Waals surface area contributed by atoms with E-state index >= 15 is 0 Å². The number of hydrogen-bond donors (Lipinski definition) is 0. The highest BCUT2D eigenvalue weighted by Crippen LogP contribution is 2.29. The molecule has 0 atom stereocenters. The van der Waals surface area contributed by atoms with Gasteiger partial charge in [0.05, 0.1) is 7.11 Å². The fraction of sp³-hybridized carbons (Fsp3) is 0.500. The van der Waals surface area contributed by atoms with Gasteiger partial charge in [-0.15, -0.1) is 0 Å². The number of fused-ring (bicyclic) bond motifs is 1. The zero-order valence-corrected chi connectivity index (χ0v) is 11.2. The summed E-state index contributed by atoms with van der Waals surface area (Å²) < 4.78 is 7.60. The van der Waals surface area contributed by atoms with E-state index in [-0.39, 0.29) is 0 Å². The first-order chi connectivity index (χ1) is 8.04. The Kier molecular flexibility index (Phi) is 3.09. The van der Waals surface area contributed by atoms with E-state index in [9.17, 15) is 0 Å². The maximum Gasteiger partial charge on any atom is 0.140 e. The predicted molar refractivity (Wildman–Crippen MR) is 69.9 cm³/mol. The van der Waals surface area contributed by atoms with Crippen molar-refractivity contribution in [3.8, 4) is 5.75 Å². The van der Waals surface area contributed by atoms with Crippen LogP contribution in [0.3, 0.4) is 0 Å². The van der Waals surface area contributed by atoms with Gasteiger partial charge in [0.25, 0.3) is 0 Å². The molecule has 0 aliphatic carbocycles. The molecule has 0 saturated carbocycles. The largest absolute Gasteiger partial charge is 0.496 e. The van der Waals surface area contributed by atoms with Crippen molar-refractivity contribution in [2.45, 2.75) is 39.5 Å². The van der Waals surface area contributed by atoms with Gasteiger partial charge in [0.15, 0.2) is 0 Å². The Labute approximate surface area is 102 Å². The van der Waals surface area contributed by atoms with Gasteiger partial charge in [-0.1, -0.05) is 27.7 Å². The smallest absolute Gasteiger partial charge is 0.140 e. The van der Waals surface area contributed by atoms with Crippen molar-refractivity contribution in [3.63, 3.8) is 0 Å². The Morgan fingerprint density at radius 1 is 1.18 bits per heavy atom. The minimum Gasteiger partial charge on any atom is -0.496 e. The van der Waals surface area contributed by atoms with E-state index in [1.807, 2.05) is 12.3 Å². The summed E-state index contributed by atoms with van der Waals surface area (Å²) in [5, 5.41) is 0. The lowest BCUT2D eigenvalue weighted by molar-refractivity contribution is 0.407. The fourth-order valence-electron chi connectivity index (χ4n) is 2.08. The van der Waals surface area contributed by atoms with Crippen molar-refractivity contribution in [2.24, 2.45) is 0 Å². The molecule has 2 aromatic rings. The molecular formula is C14H20N2O. The topological polar surface area (TPSA) is 26.5 Å². The molecule has 0 amide bonds. The highest BCUT2D eigenvalue weighted by molar-refractivity contribution is 5.50. The van der Waals surface area contributed by atoms with Crippen LogP contribution in [-0.4, -0.2) is 16.5 Å². The lowest BCUT2D eigenvalue weighted by Gasteiger charge is -2.14. The van der Waals surface area contributed by atoms with Gasteiger partial charge in [0.2, 0.25) is 0 Å². The van der Waals surface area contributed by atoms with Gasteiger partial charge >= 0.3 is 0 Å². The first kappa shape index (κ1) is 12.0. The van der Waals surface area contributed by atoms with Crippen molar-refractivity contribution < 1.29 is 4.74 Å². The van der Waals surface area contributed by atoms with Crippen LogP contribution in [-0.2, 0) is 0 Å². The van der Waals surface area contributed by atoms with Crippen molar-refractivity contribution >= 4 is 5.65 Å². The zero-order valence-electron chi connectivity index (χ0n) is 11.2. The van der Waals surface area contributed by atoms with Gasteiger partial charge in [-0.05, 0) is 11.8 Å². The molecule has 0 fully saturated rings. The van der Waals surface area contributed by atoms with Crippen LogP contribution in [0.4, 0.5) is 0 Å². The molecule has 2 rings (SSSR count). The Hall–Kier alpha value is -1.51. The van der Waals surface area contributed by atoms with E-state index in [2.05, 4.69) is 43.3 Å². The van der Waals surface area contributed by atoms with Gasteiger partial charge < -0.3 is 9.14 Å². The third-order valence-electron chi connectivity index (χ3n) is 3.10. The minimum absolute atomic E-state index is 0.441. The third kappa shape index (κ3) is 2.02. The summed E-state index contributed by atoms with van der Waals surface area (Å²) in [5.41, 5.74) is 3.42. The molecule has 2 heterocycles. The highest BCUT2D eigenvalue weighted by atomic mass is 16.5. The van der Waals surface area contributed by atoms with Crippen LogP contribution in [0.15, 0.2) is 18.5 Å². The summed E-state index contributed by atoms with van der Waals surface area (Å²) in [4.78, 5) is 4.43. The fourth-order valence-corrected chi connectivity index (χ4v) is 2.08. The maximum absolute atomic E-state index is 5.43. The van der Waals surface area contributed by atoms with Gasteiger partial charge in [0.1, 0.15) is 11.4 Å². The van der Waals surface area contributed by atoms with E-state index in [0.717, 1.165) is 11.4 Å². The lowest BCUT2D eigenvalue weighted by atomic mass is 10.0. The SMILES string of the molecule is COc1cc2ncc(C(C)C)n2cc1C(C)C. The molecule has 0 spiro atoms. The number of hydrogen-bond acceptors (Lipinski definition) is 2. The van der Waals surface area contributed by atoms with E-state index in [1.54, 1.807) is 7.11 Å². The van der Waals surface area contributed by atoms with Crippen LogP contribution >= 0.6 is 0 Å². The van der Waals surface area contributed by atoms with Crippen molar-refractivity contribution in [2.75, 3.05) is 7.11 Å². The average Bonchev–Trinajstić information content (AvgIpc) is 2.69. The molecule has 0 N–H and O–H groups in total. The summed E-state index contributed by atoms with van der Waals surface area (Å²) in [5.74, 6) is 1.84. The van der Waals surface area contributed by atoms with E-state index in [1.165, 1.54) is 11.3 Å². The molecule has 0 bridgehead atoms. The standard InChI is InChI=1S/C14H20N2O/c1-9(2)11-8-16-12(10(3)4)7-15-14(16)6-13(11)17-5/h6-10H,1-5H3. The van der Waals surface area contributed by atoms with Crippen LogP contribution < -0.4 is 4.74 Å². The molecule has 0 aliphatic heterocycles. The first-order valence-electron chi connectivity index (χ1n) is 6.09. The summed E-state index contributed by atoms with van der Waals surface area (Å²) in [7, 11) is 1.71. The van der Waals surface area contributed by atoms with Crippen molar-refractivity contribution in [1.29, 1.82) is 0 Å². The Bertz CT molecular complexity index is 526. The second-order valence-corrected chi connectivity index (χ2v) is 5.02. The molecule has 3 nitrogen and oxygen atoms in total. The van der Waals surface area contributed by atoms with Crippen LogP contribution in [0.2, 0.25) is 0 Å². The molecule has 2 aromatic heterocycles. The van der Waals surface area contributed by atoms with E-state index in [4.69, 9.17) is 4.74 Å². The van der Waals surface area contributed by atoms with Crippen LogP contribution in [0, 0.1) is 0 Å². The molecule has 0 unspecified atom stereocenters. The zero-order chi connectivity index (χ0) is 12.6. The molecular weight excluding hydrogens is 212 g/mol. The highest BCUT2D eigenvalue weighted by Gasteiger charge is 2.13. The van der Waals surface area contributed by atoms with Crippen LogP contribution in [0.5, 0.6) is 5.75 Å². The van der Waals surface area contributed by atoms with E-state index < -0.39 is 0 Å². The van der Waals surface area contributed by atoms with Gasteiger partial charge in [0, 0.05) is 29.7 Å². The summed E-state index contributed by atoms with van der Waals surface area (Å²) in [6.45, 7) is 8.72. The summed E-state index contributed by atoms with van der Waals surface area (Å²) in [6.07, 6.45) is 4.10. The monoisotopic (exact) mass is 232 g/mol. The predicted octanol–water partition coefficient (Wildman–Crippen LogP) is 3.59. The van der Waals surface area contributed by atoms with Gasteiger partial charge in [-0.3, -0.25) is 0 Å². The molecule has 3 heteroatoms. The Balaban J connectivity index is 2.68. The number of rotatable bonds is 3. The molecule has 0 aliphatic rings. The average molecular weight is 232 g/mol. The quantitative estimate of drug-likeness (QED) is 0.808. The van der Waals surface area contributed by atoms with Gasteiger partial charge in [-0.2, -0.15) is 0 Å². The number of aromatic nitrogens is 2. The molecule has 0 aromatic carbocycles. The number of imidazole rings is 1. The Morgan fingerprint density at radius 3 is 2.41 bits per heavy atom. The third-order valence-corrected chi connectivity index (χ3v) is 3.10. The second kappa shape index (κ2) is 4.40. The molecule has 0 radical (unpaired) electrons. The second-order valence-electron chi connectivity index (χ2n) is 5.02. The normalized spacial score (nSPS) is 11.7. The first-order valence-corrected chi connectivity index (χ1v) is 6.09. The summed E-state index contributed by atoms with van der Waals surface area (Å²) in [6, 6.07) is 2.02. The number of nitrogens with zero attached hydrogens (tertiary/aromatic N) is 2. The van der Waals surface area contributed by atoms with Crippen molar-refractivity contribution in [3.05, 3.63) is 29.7 Å². The van der Waals surface area contributed by atoms with Crippen LogP contribution in [0.1, 0.15) is 50.8 Å². The lowest BCUT2D eigenvalue weighted by Crippen LogP contribution is -2.01. The number of ether oxygens (including phenoxy) is 1. The van der Waals surface area contributed by atoms with Crippen molar-refractivity contribution in [1.82, 2.24) is 9.38 Å². The van der Waals surface area contributed by atoms with Gasteiger partial charge in [-0.25, -0.2) is 4.98 Å². The number of methoxy groups -OCH3 is 1. The van der Waals surface area contributed by atoms with E-state index in [0.29, 0.717) is 11.8 Å². The minimum atomic E-state index is 0.441.